The van der Waals surface area contributed by atoms with E-state index in [0.29, 0.717) is 0 Å². The van der Waals surface area contributed by atoms with E-state index < -0.39 is 12.9 Å². The van der Waals surface area contributed by atoms with Crippen molar-refractivity contribution in [3.8, 4) is 5.75 Å². The minimum Gasteiger partial charge on any atom is -0.487 e. The number of benzene rings is 2. The molecule has 0 radical (unpaired) electrons. The zero-order valence-corrected chi connectivity index (χ0v) is 10.6. The predicted molar refractivity (Wildman–Crippen MR) is 72.0 cm³/mol. The van der Waals surface area contributed by atoms with Crippen molar-refractivity contribution in [2.45, 2.75) is 6.61 Å². The summed E-state index contributed by atoms with van der Waals surface area (Å²) in [4.78, 5) is 0. The zero-order chi connectivity index (χ0) is 13.8. The van der Waals surface area contributed by atoms with Crippen LogP contribution in [-0.4, -0.2) is 17.2 Å². The minimum absolute atomic E-state index is 0.160. The third-order valence-corrected chi connectivity index (χ3v) is 2.94. The second kappa shape index (κ2) is 6.06. The van der Waals surface area contributed by atoms with Gasteiger partial charge in [-0.1, -0.05) is 48.0 Å². The molecule has 98 valence electrons. The van der Waals surface area contributed by atoms with Crippen LogP contribution in [0.2, 0.25) is 5.02 Å². The van der Waals surface area contributed by atoms with Gasteiger partial charge in [-0.25, -0.2) is 4.39 Å². The van der Waals surface area contributed by atoms with Crippen LogP contribution in [-0.2, 0) is 6.61 Å². The van der Waals surface area contributed by atoms with Crippen molar-refractivity contribution in [1.29, 1.82) is 0 Å². The molecule has 0 spiro atoms. The lowest BCUT2D eigenvalue weighted by Gasteiger charge is -2.10. The molecule has 19 heavy (non-hydrogen) atoms. The standard InChI is InChI=1S/C13H11BClFO3/c15-12-11(7-6-10(13(12)16)14(17)18)19-8-9-4-2-1-3-5-9/h1-7,17-18H,8H2. The van der Waals surface area contributed by atoms with Gasteiger partial charge in [-0.05, 0) is 11.6 Å². The van der Waals surface area contributed by atoms with Gasteiger partial charge >= 0.3 is 7.12 Å². The van der Waals surface area contributed by atoms with Crippen molar-refractivity contribution in [3.05, 3.63) is 58.9 Å². The molecule has 0 aliphatic heterocycles. The van der Waals surface area contributed by atoms with E-state index in [0.717, 1.165) is 5.56 Å². The van der Waals surface area contributed by atoms with E-state index in [1.165, 1.54) is 12.1 Å². The van der Waals surface area contributed by atoms with Crippen LogP contribution in [0, 0.1) is 5.82 Å². The molecule has 6 heteroatoms. The smallest absolute Gasteiger partial charge is 0.487 e. The fourth-order valence-corrected chi connectivity index (χ4v) is 1.82. The number of hydrogen-bond donors (Lipinski definition) is 2. The Balaban J connectivity index is 2.16. The van der Waals surface area contributed by atoms with Gasteiger partial charge in [0.25, 0.3) is 0 Å². The monoisotopic (exact) mass is 280 g/mol. The summed E-state index contributed by atoms with van der Waals surface area (Å²) in [6.07, 6.45) is 0. The first-order chi connectivity index (χ1) is 9.09. The van der Waals surface area contributed by atoms with Gasteiger partial charge in [0.1, 0.15) is 23.2 Å². The van der Waals surface area contributed by atoms with E-state index in [4.69, 9.17) is 26.4 Å². The van der Waals surface area contributed by atoms with Gasteiger partial charge in [-0.3, -0.25) is 0 Å². The number of rotatable bonds is 4. The van der Waals surface area contributed by atoms with Gasteiger partial charge in [0.15, 0.2) is 0 Å². The summed E-state index contributed by atoms with van der Waals surface area (Å²) in [6, 6.07) is 12.0. The Morgan fingerprint density at radius 3 is 2.42 bits per heavy atom. The summed E-state index contributed by atoms with van der Waals surface area (Å²) in [5.41, 5.74) is 0.641. The van der Waals surface area contributed by atoms with Crippen LogP contribution in [0.5, 0.6) is 5.75 Å². The highest BCUT2D eigenvalue weighted by Gasteiger charge is 2.21. The molecule has 0 saturated heterocycles. The lowest BCUT2D eigenvalue weighted by molar-refractivity contribution is 0.305. The van der Waals surface area contributed by atoms with Crippen LogP contribution < -0.4 is 10.2 Å². The number of hydrogen-bond acceptors (Lipinski definition) is 3. The third-order valence-electron chi connectivity index (χ3n) is 2.59. The molecule has 2 N–H and O–H groups in total. The Labute approximate surface area is 115 Å². The van der Waals surface area contributed by atoms with Gasteiger partial charge < -0.3 is 14.8 Å². The van der Waals surface area contributed by atoms with E-state index in [2.05, 4.69) is 0 Å². The van der Waals surface area contributed by atoms with E-state index in [1.807, 2.05) is 30.3 Å². The molecule has 0 atom stereocenters. The molecular formula is C13H11BClFO3. The first-order valence-electron chi connectivity index (χ1n) is 5.60. The lowest BCUT2D eigenvalue weighted by Crippen LogP contribution is -2.32. The van der Waals surface area contributed by atoms with Crippen LogP contribution in [0.25, 0.3) is 0 Å². The van der Waals surface area contributed by atoms with Gasteiger partial charge in [0, 0.05) is 5.46 Å². The van der Waals surface area contributed by atoms with E-state index in [1.54, 1.807) is 0 Å². The topological polar surface area (TPSA) is 49.7 Å². The first kappa shape index (κ1) is 13.9. The second-order valence-electron chi connectivity index (χ2n) is 3.93. The largest absolute Gasteiger partial charge is 0.491 e. The maximum Gasteiger partial charge on any atom is 0.491 e. The molecule has 0 aliphatic carbocycles. The Morgan fingerprint density at radius 2 is 1.79 bits per heavy atom. The molecular weight excluding hydrogens is 269 g/mol. The maximum absolute atomic E-state index is 13.7. The van der Waals surface area contributed by atoms with Gasteiger partial charge in [0.2, 0.25) is 0 Å². The van der Waals surface area contributed by atoms with Crippen molar-refractivity contribution in [2.75, 3.05) is 0 Å². The van der Waals surface area contributed by atoms with Gasteiger partial charge in [0.05, 0.1) is 0 Å². The highest BCUT2D eigenvalue weighted by atomic mass is 35.5. The molecule has 0 amide bonds. The van der Waals surface area contributed by atoms with Crippen molar-refractivity contribution < 1.29 is 19.2 Å². The molecule has 2 aromatic rings. The quantitative estimate of drug-likeness (QED) is 0.839. The third kappa shape index (κ3) is 3.26. The van der Waals surface area contributed by atoms with Crippen LogP contribution in [0.1, 0.15) is 5.56 Å². The average molecular weight is 280 g/mol. The summed E-state index contributed by atoms with van der Waals surface area (Å²) in [7, 11) is -1.90. The number of ether oxygens (including phenoxy) is 1. The van der Waals surface area contributed by atoms with Gasteiger partial charge in [-0.15, -0.1) is 0 Å². The molecule has 0 unspecified atom stereocenters. The zero-order valence-electron chi connectivity index (χ0n) is 9.88. The minimum atomic E-state index is -1.90. The highest BCUT2D eigenvalue weighted by Crippen LogP contribution is 2.26. The molecule has 0 heterocycles. The summed E-state index contributed by atoms with van der Waals surface area (Å²) in [5.74, 6) is -0.727. The normalized spacial score (nSPS) is 10.3. The van der Waals surface area contributed by atoms with Gasteiger partial charge in [-0.2, -0.15) is 0 Å². The van der Waals surface area contributed by atoms with Crippen LogP contribution >= 0.6 is 11.6 Å². The van der Waals surface area contributed by atoms with Crippen molar-refractivity contribution in [2.24, 2.45) is 0 Å². The number of halogens is 2. The van der Waals surface area contributed by atoms with Crippen molar-refractivity contribution in [3.63, 3.8) is 0 Å². The Bertz CT molecular complexity index is 563. The fraction of sp³-hybridized carbons (Fsp3) is 0.0769. The molecule has 0 aromatic heterocycles. The molecule has 2 rings (SSSR count). The van der Waals surface area contributed by atoms with Crippen molar-refractivity contribution in [1.82, 2.24) is 0 Å². The summed E-state index contributed by atoms with van der Waals surface area (Å²) in [6.45, 7) is 0.251. The molecule has 0 fully saturated rings. The Kier molecular flexibility index (Phi) is 4.42. The van der Waals surface area contributed by atoms with Crippen LogP contribution in [0.4, 0.5) is 4.39 Å². The van der Waals surface area contributed by atoms with E-state index in [-0.39, 0.29) is 22.8 Å². The Morgan fingerprint density at radius 1 is 1.11 bits per heavy atom. The lowest BCUT2D eigenvalue weighted by atomic mass is 9.80. The first-order valence-corrected chi connectivity index (χ1v) is 5.98. The average Bonchev–Trinajstić information content (AvgIpc) is 2.41. The second-order valence-corrected chi connectivity index (χ2v) is 4.31. The van der Waals surface area contributed by atoms with E-state index in [9.17, 15) is 4.39 Å². The maximum atomic E-state index is 13.7. The fourth-order valence-electron chi connectivity index (χ4n) is 1.59. The molecule has 0 aliphatic rings. The van der Waals surface area contributed by atoms with Crippen LogP contribution in [0.3, 0.4) is 0 Å². The molecule has 2 aromatic carbocycles. The summed E-state index contributed by atoms with van der Waals surface area (Å²) < 4.78 is 19.1. The van der Waals surface area contributed by atoms with Crippen molar-refractivity contribution >= 4 is 24.2 Å². The predicted octanol–water partition coefficient (Wildman–Crippen LogP) is 1.74. The van der Waals surface area contributed by atoms with E-state index >= 15 is 0 Å². The molecule has 3 nitrogen and oxygen atoms in total. The summed E-state index contributed by atoms with van der Waals surface area (Å²) >= 11 is 5.79. The van der Waals surface area contributed by atoms with Crippen LogP contribution in [0.15, 0.2) is 42.5 Å². The summed E-state index contributed by atoms with van der Waals surface area (Å²) in [5, 5.41) is 17.6. The Hall–Kier alpha value is -1.56. The molecule has 0 saturated carbocycles. The molecule has 0 bridgehead atoms. The SMILES string of the molecule is OB(O)c1ccc(OCc2ccccc2)c(Cl)c1F. The highest BCUT2D eigenvalue weighted by molar-refractivity contribution is 6.59.